The van der Waals surface area contributed by atoms with Gasteiger partial charge in [-0.05, 0) is 58.4 Å². The average molecular weight is 562 g/mol. The van der Waals surface area contributed by atoms with Crippen molar-refractivity contribution in [1.29, 1.82) is 0 Å². The van der Waals surface area contributed by atoms with Crippen LogP contribution in [-0.4, -0.2) is 36.5 Å². The van der Waals surface area contributed by atoms with Crippen LogP contribution < -0.4 is 0 Å². The lowest BCUT2D eigenvalue weighted by molar-refractivity contribution is -0.137. The Bertz CT molecular complexity index is 1580. The molecular formula is C34H35N5O3. The van der Waals surface area contributed by atoms with Crippen molar-refractivity contribution in [3.05, 3.63) is 121 Å². The Kier molecular flexibility index (Phi) is 9.23. The highest BCUT2D eigenvalue weighted by Gasteiger charge is 2.26. The molecule has 5 rings (SSSR count). The van der Waals surface area contributed by atoms with Gasteiger partial charge >= 0.3 is 5.97 Å². The van der Waals surface area contributed by atoms with Crippen LogP contribution >= 0.6 is 0 Å². The van der Waals surface area contributed by atoms with Crippen LogP contribution in [0.5, 0.6) is 0 Å². The third-order valence-electron chi connectivity index (χ3n) is 7.00. The predicted octanol–water partition coefficient (Wildman–Crippen LogP) is 7.36. The molecule has 2 atom stereocenters. The number of nitrogens with one attached hydrogen (secondary N) is 1. The van der Waals surface area contributed by atoms with Crippen LogP contribution in [0.25, 0.3) is 22.3 Å². The van der Waals surface area contributed by atoms with Crippen molar-refractivity contribution < 1.29 is 14.6 Å². The Morgan fingerprint density at radius 1 is 0.929 bits per heavy atom. The summed E-state index contributed by atoms with van der Waals surface area (Å²) in [6, 6.07) is 23.1. The molecule has 2 N–H and O–H groups in total. The first kappa shape index (κ1) is 28.5. The van der Waals surface area contributed by atoms with E-state index in [-0.39, 0.29) is 19.1 Å². The molecule has 0 unspecified atom stereocenters. The molecule has 0 radical (unpaired) electrons. The second-order valence-electron chi connectivity index (χ2n) is 10.6. The summed E-state index contributed by atoms with van der Waals surface area (Å²) in [4.78, 5) is 28.9. The molecule has 8 nitrogen and oxygen atoms in total. The van der Waals surface area contributed by atoms with Gasteiger partial charge < -0.3 is 19.4 Å². The standard InChI is InChI=1S/C34H35N5O3/c1-24(2)20-30(33-36-17-18-37-33)38-34(42-23-25-6-4-3-5-7-25)31(21-32(40)41)39-19-14-29(22-39)27-10-8-26(9-11-27)28-12-15-35-16-13-28/h3-19,22,24,30-31H,20-21,23H2,1-2H3,(H,36,37)(H,40,41)/t30-,31+/m0/s1. The normalized spacial score (nSPS) is 13.2. The Labute approximate surface area is 245 Å². The Hall–Kier alpha value is -4.98. The topological polar surface area (TPSA) is 105 Å². The molecule has 0 bridgehead atoms. The number of aromatic amines is 1. The minimum atomic E-state index is -0.939. The number of rotatable bonds is 12. The SMILES string of the molecule is CC(C)C[C@H](N=C(OCc1ccccc1)[C@@H](CC(=O)O)n1ccc(-c2ccc(-c3ccncc3)cc2)c1)c1ncc[nH]1. The zero-order valence-electron chi connectivity index (χ0n) is 23.8. The number of aliphatic carboxylic acids is 1. The van der Waals surface area contributed by atoms with Gasteiger partial charge in [-0.15, -0.1) is 0 Å². The van der Waals surface area contributed by atoms with E-state index < -0.39 is 12.0 Å². The molecule has 42 heavy (non-hydrogen) atoms. The van der Waals surface area contributed by atoms with Gasteiger partial charge in [-0.25, -0.2) is 9.98 Å². The minimum Gasteiger partial charge on any atom is -0.481 e. The molecule has 214 valence electrons. The van der Waals surface area contributed by atoms with Crippen LogP contribution in [0, 0.1) is 5.92 Å². The molecule has 3 heterocycles. The second-order valence-corrected chi connectivity index (χ2v) is 10.6. The van der Waals surface area contributed by atoms with E-state index in [1.165, 1.54) is 0 Å². The molecule has 5 aromatic rings. The van der Waals surface area contributed by atoms with Crippen molar-refractivity contribution in [3.63, 3.8) is 0 Å². The number of aliphatic imine (C=N–C) groups is 1. The molecule has 0 saturated carbocycles. The van der Waals surface area contributed by atoms with Gasteiger partial charge in [-0.2, -0.15) is 0 Å². The number of carboxylic acids is 1. The van der Waals surface area contributed by atoms with Crippen molar-refractivity contribution in [1.82, 2.24) is 19.5 Å². The number of ether oxygens (including phenoxy) is 1. The molecule has 3 aromatic heterocycles. The van der Waals surface area contributed by atoms with Gasteiger partial charge in [0.1, 0.15) is 24.5 Å². The van der Waals surface area contributed by atoms with Crippen molar-refractivity contribution in [2.75, 3.05) is 0 Å². The molecule has 0 aliphatic rings. The van der Waals surface area contributed by atoms with E-state index in [9.17, 15) is 9.90 Å². The quantitative estimate of drug-likeness (QED) is 0.122. The minimum absolute atomic E-state index is 0.185. The van der Waals surface area contributed by atoms with E-state index in [1.807, 2.05) is 65.5 Å². The maximum atomic E-state index is 12.2. The van der Waals surface area contributed by atoms with Gasteiger partial charge in [-0.3, -0.25) is 9.78 Å². The third-order valence-corrected chi connectivity index (χ3v) is 7.00. The average Bonchev–Trinajstić information content (AvgIpc) is 3.72. The fourth-order valence-electron chi connectivity index (χ4n) is 4.90. The van der Waals surface area contributed by atoms with Crippen molar-refractivity contribution in [2.24, 2.45) is 10.9 Å². The molecular weight excluding hydrogens is 526 g/mol. The lowest BCUT2D eigenvalue weighted by atomic mass is 10.0. The van der Waals surface area contributed by atoms with E-state index in [2.05, 4.69) is 53.1 Å². The number of hydrogen-bond acceptors (Lipinski definition) is 5. The van der Waals surface area contributed by atoms with Gasteiger partial charge in [0.2, 0.25) is 5.90 Å². The first-order valence-corrected chi connectivity index (χ1v) is 14.1. The molecule has 0 fully saturated rings. The number of carbonyl (C=O) groups is 1. The van der Waals surface area contributed by atoms with E-state index in [0.717, 1.165) is 40.1 Å². The molecule has 8 heteroatoms. The maximum absolute atomic E-state index is 12.2. The van der Waals surface area contributed by atoms with E-state index in [0.29, 0.717) is 11.8 Å². The Morgan fingerprint density at radius 3 is 2.26 bits per heavy atom. The molecule has 0 aliphatic carbocycles. The molecule has 0 spiro atoms. The van der Waals surface area contributed by atoms with Crippen LogP contribution in [0.4, 0.5) is 0 Å². The third kappa shape index (κ3) is 7.40. The summed E-state index contributed by atoms with van der Waals surface area (Å²) in [6.45, 7) is 4.53. The highest BCUT2D eigenvalue weighted by Crippen LogP contribution is 2.29. The fraction of sp³-hybridized carbons (Fsp3) is 0.235. The highest BCUT2D eigenvalue weighted by atomic mass is 16.5. The smallest absolute Gasteiger partial charge is 0.305 e. The number of benzene rings is 2. The first-order chi connectivity index (χ1) is 20.5. The van der Waals surface area contributed by atoms with Crippen LogP contribution in [0.3, 0.4) is 0 Å². The van der Waals surface area contributed by atoms with E-state index >= 15 is 0 Å². The van der Waals surface area contributed by atoms with Crippen LogP contribution in [0.2, 0.25) is 0 Å². The summed E-state index contributed by atoms with van der Waals surface area (Å²) < 4.78 is 8.24. The zero-order chi connectivity index (χ0) is 29.3. The number of aromatic nitrogens is 4. The van der Waals surface area contributed by atoms with Gasteiger partial charge in [0.05, 0.1) is 6.42 Å². The first-order valence-electron chi connectivity index (χ1n) is 14.1. The molecule has 2 aromatic carbocycles. The van der Waals surface area contributed by atoms with Gasteiger partial charge in [0.15, 0.2) is 0 Å². The molecule has 0 amide bonds. The summed E-state index contributed by atoms with van der Waals surface area (Å²) >= 11 is 0. The number of imidazole rings is 1. The zero-order valence-corrected chi connectivity index (χ0v) is 23.8. The fourth-order valence-corrected chi connectivity index (χ4v) is 4.90. The second kappa shape index (κ2) is 13.6. The van der Waals surface area contributed by atoms with Crippen LogP contribution in [0.15, 0.2) is 115 Å². The summed E-state index contributed by atoms with van der Waals surface area (Å²) in [6.07, 6.45) is 11.4. The molecule has 0 saturated heterocycles. The van der Waals surface area contributed by atoms with E-state index in [4.69, 9.17) is 9.73 Å². The van der Waals surface area contributed by atoms with Gasteiger partial charge in [0, 0.05) is 37.2 Å². The van der Waals surface area contributed by atoms with Gasteiger partial charge in [-0.1, -0.05) is 68.4 Å². The lowest BCUT2D eigenvalue weighted by Gasteiger charge is -2.23. The van der Waals surface area contributed by atoms with Crippen molar-refractivity contribution >= 4 is 11.9 Å². The van der Waals surface area contributed by atoms with Crippen molar-refractivity contribution in [3.8, 4) is 22.3 Å². The predicted molar refractivity (Wildman–Crippen MR) is 164 cm³/mol. The number of pyridine rings is 1. The highest BCUT2D eigenvalue weighted by molar-refractivity contribution is 5.85. The lowest BCUT2D eigenvalue weighted by Crippen LogP contribution is -2.25. The van der Waals surface area contributed by atoms with Crippen molar-refractivity contribution in [2.45, 2.75) is 45.4 Å². The summed E-state index contributed by atoms with van der Waals surface area (Å²) in [5.74, 6) is 0.483. The summed E-state index contributed by atoms with van der Waals surface area (Å²) in [5.41, 5.74) is 5.17. The van der Waals surface area contributed by atoms with Crippen LogP contribution in [-0.2, 0) is 16.1 Å². The Morgan fingerprint density at radius 2 is 1.62 bits per heavy atom. The van der Waals surface area contributed by atoms with E-state index in [1.54, 1.807) is 24.8 Å². The number of hydrogen-bond donors (Lipinski definition) is 2. The van der Waals surface area contributed by atoms with Crippen LogP contribution in [0.1, 0.15) is 50.2 Å². The monoisotopic (exact) mass is 561 g/mol. The largest absolute Gasteiger partial charge is 0.481 e. The number of nitrogens with zero attached hydrogens (tertiary/aromatic N) is 4. The number of H-pyrrole nitrogens is 1. The summed E-state index contributed by atoms with van der Waals surface area (Å²) in [7, 11) is 0. The number of carboxylic acid groups (broad SMARTS) is 1. The Balaban J connectivity index is 1.49. The van der Waals surface area contributed by atoms with Gasteiger partial charge in [0.25, 0.3) is 0 Å². The maximum Gasteiger partial charge on any atom is 0.305 e. The summed E-state index contributed by atoms with van der Waals surface area (Å²) in [5, 5.41) is 9.96. The molecule has 0 aliphatic heterocycles.